The molecule has 104 valence electrons. The largest absolute Gasteiger partial charge is 0.383 e. The predicted molar refractivity (Wildman–Crippen MR) is 78.3 cm³/mol. The Morgan fingerprint density at radius 1 is 1.10 bits per heavy atom. The molecule has 3 heteroatoms. The lowest BCUT2D eigenvalue weighted by atomic mass is 9.81. The molecule has 3 rings (SSSR count). The van der Waals surface area contributed by atoms with E-state index >= 15 is 0 Å². The lowest BCUT2D eigenvalue weighted by molar-refractivity contribution is 0.0375. The van der Waals surface area contributed by atoms with Crippen molar-refractivity contribution in [3.05, 3.63) is 47.5 Å². The summed E-state index contributed by atoms with van der Waals surface area (Å²) in [5, 5.41) is 2.15. The van der Waals surface area contributed by atoms with E-state index in [1.165, 1.54) is 0 Å². The summed E-state index contributed by atoms with van der Waals surface area (Å²) in [7, 11) is 1.63. The number of ether oxygens (including phenoxy) is 2. The molecule has 3 nitrogen and oxygen atoms in total. The first-order chi connectivity index (χ1) is 9.74. The minimum Gasteiger partial charge on any atom is -0.383 e. The summed E-state index contributed by atoms with van der Waals surface area (Å²) >= 11 is 0. The highest BCUT2D eigenvalue weighted by Gasteiger charge is 2.47. The third-order valence-electron chi connectivity index (χ3n) is 4.04. The predicted octanol–water partition coefficient (Wildman–Crippen LogP) is 2.96. The van der Waals surface area contributed by atoms with Crippen molar-refractivity contribution in [2.24, 2.45) is 0 Å². The van der Waals surface area contributed by atoms with Crippen LogP contribution in [0.4, 0.5) is 0 Å². The molecule has 1 aliphatic rings. The number of rotatable bonds is 5. The number of carbonyl (C=O) groups is 1. The monoisotopic (exact) mass is 270 g/mol. The van der Waals surface area contributed by atoms with Gasteiger partial charge in [-0.15, -0.1) is 0 Å². The van der Waals surface area contributed by atoms with Gasteiger partial charge in [0, 0.05) is 19.3 Å². The second-order valence-corrected chi connectivity index (χ2v) is 5.19. The highest BCUT2D eigenvalue weighted by molar-refractivity contribution is 6.20. The molecule has 0 radical (unpaired) electrons. The zero-order valence-electron chi connectivity index (χ0n) is 11.8. The van der Waals surface area contributed by atoms with Crippen molar-refractivity contribution < 1.29 is 14.3 Å². The van der Waals surface area contributed by atoms with E-state index in [1.54, 1.807) is 7.11 Å². The molecule has 2 aromatic carbocycles. The van der Waals surface area contributed by atoms with Gasteiger partial charge in [-0.1, -0.05) is 36.4 Å². The van der Waals surface area contributed by atoms with Crippen LogP contribution in [0.1, 0.15) is 22.8 Å². The van der Waals surface area contributed by atoms with Crippen molar-refractivity contribution in [2.45, 2.75) is 12.3 Å². The maximum atomic E-state index is 12.9. The summed E-state index contributed by atoms with van der Waals surface area (Å²) in [6.07, 6.45) is 0. The van der Waals surface area contributed by atoms with Crippen molar-refractivity contribution in [2.75, 3.05) is 26.9 Å². The minimum absolute atomic E-state index is 0.111. The van der Waals surface area contributed by atoms with Crippen LogP contribution in [0.15, 0.2) is 36.4 Å². The Labute approximate surface area is 118 Å². The Bertz CT molecular complexity index is 657. The quantitative estimate of drug-likeness (QED) is 0.838. The van der Waals surface area contributed by atoms with Gasteiger partial charge in [-0.25, -0.2) is 0 Å². The number of ketones is 1. The van der Waals surface area contributed by atoms with Crippen LogP contribution < -0.4 is 0 Å². The Morgan fingerprint density at radius 3 is 2.55 bits per heavy atom. The summed E-state index contributed by atoms with van der Waals surface area (Å²) < 4.78 is 11.0. The number of hydrogen-bond acceptors (Lipinski definition) is 3. The molecule has 20 heavy (non-hydrogen) atoms. The molecule has 0 aromatic heterocycles. The summed E-state index contributed by atoms with van der Waals surface area (Å²) in [6, 6.07) is 11.9. The third kappa shape index (κ3) is 1.70. The second-order valence-electron chi connectivity index (χ2n) is 5.19. The summed E-state index contributed by atoms with van der Waals surface area (Å²) in [5.41, 5.74) is 1.12. The van der Waals surface area contributed by atoms with E-state index in [0.29, 0.717) is 19.8 Å². The van der Waals surface area contributed by atoms with Gasteiger partial charge in [0.1, 0.15) is 5.41 Å². The molecule has 0 fully saturated rings. The summed E-state index contributed by atoms with van der Waals surface area (Å²) in [6.45, 7) is 3.24. The molecular weight excluding hydrogens is 252 g/mol. The van der Waals surface area contributed by atoms with Crippen LogP contribution in [0, 0.1) is 0 Å². The Kier molecular flexibility index (Phi) is 3.32. The molecule has 0 aliphatic heterocycles. The summed E-state index contributed by atoms with van der Waals surface area (Å²) in [5.74, 6) is 0.111. The number of Topliss-reactive ketones (excluding diaryl/α,β-unsaturated/α-hetero) is 1. The van der Waals surface area contributed by atoms with Gasteiger partial charge in [0.15, 0.2) is 5.78 Å². The molecule has 0 heterocycles. The zero-order chi connectivity index (χ0) is 14.2. The van der Waals surface area contributed by atoms with Crippen LogP contribution >= 0.6 is 0 Å². The van der Waals surface area contributed by atoms with Crippen LogP contribution in [0.3, 0.4) is 0 Å². The Morgan fingerprint density at radius 2 is 1.85 bits per heavy atom. The van der Waals surface area contributed by atoms with E-state index in [-0.39, 0.29) is 5.78 Å². The molecule has 0 N–H and O–H groups in total. The first-order valence-electron chi connectivity index (χ1n) is 6.88. The molecular formula is C17H18O3. The molecule has 1 unspecified atom stereocenters. The van der Waals surface area contributed by atoms with Crippen molar-refractivity contribution in [1.29, 1.82) is 0 Å². The van der Waals surface area contributed by atoms with Gasteiger partial charge in [0.25, 0.3) is 0 Å². The van der Waals surface area contributed by atoms with E-state index in [1.807, 2.05) is 43.3 Å². The Balaban J connectivity index is 2.24. The number of methoxy groups -OCH3 is 1. The second kappa shape index (κ2) is 5.00. The average molecular weight is 270 g/mol. The molecule has 0 saturated heterocycles. The first kappa shape index (κ1) is 13.3. The third-order valence-corrected chi connectivity index (χ3v) is 4.04. The number of carbonyl (C=O) groups excluding carboxylic acids is 1. The SMILES string of the molecule is CCOCC1(COC)C(=O)c2cccc3cccc1c23. The van der Waals surface area contributed by atoms with Crippen LogP contribution in [-0.4, -0.2) is 32.7 Å². The Hall–Kier alpha value is -1.71. The fourth-order valence-electron chi connectivity index (χ4n) is 3.16. The summed E-state index contributed by atoms with van der Waals surface area (Å²) in [4.78, 5) is 12.9. The molecule has 1 aliphatic carbocycles. The highest BCUT2D eigenvalue weighted by Crippen LogP contribution is 2.43. The van der Waals surface area contributed by atoms with Crippen LogP contribution in [0.2, 0.25) is 0 Å². The van der Waals surface area contributed by atoms with Crippen molar-refractivity contribution in [3.8, 4) is 0 Å². The van der Waals surface area contributed by atoms with Gasteiger partial charge in [0.05, 0.1) is 13.2 Å². The molecule has 0 spiro atoms. The van der Waals surface area contributed by atoms with Crippen LogP contribution in [0.5, 0.6) is 0 Å². The molecule has 0 amide bonds. The fraction of sp³-hybridized carbons (Fsp3) is 0.353. The van der Waals surface area contributed by atoms with E-state index in [0.717, 1.165) is 21.9 Å². The smallest absolute Gasteiger partial charge is 0.178 e. The topological polar surface area (TPSA) is 35.5 Å². The van der Waals surface area contributed by atoms with Gasteiger partial charge in [0.2, 0.25) is 0 Å². The van der Waals surface area contributed by atoms with Gasteiger partial charge in [-0.3, -0.25) is 4.79 Å². The zero-order valence-corrected chi connectivity index (χ0v) is 11.8. The normalized spacial score (nSPS) is 20.8. The lowest BCUT2D eigenvalue weighted by Gasteiger charge is -2.27. The number of hydrogen-bond donors (Lipinski definition) is 0. The maximum absolute atomic E-state index is 12.9. The van der Waals surface area contributed by atoms with E-state index < -0.39 is 5.41 Å². The van der Waals surface area contributed by atoms with Crippen molar-refractivity contribution >= 4 is 16.6 Å². The molecule has 0 saturated carbocycles. The van der Waals surface area contributed by atoms with Crippen LogP contribution in [-0.2, 0) is 14.9 Å². The lowest BCUT2D eigenvalue weighted by Crippen LogP contribution is -2.41. The van der Waals surface area contributed by atoms with E-state index in [9.17, 15) is 4.79 Å². The van der Waals surface area contributed by atoms with Crippen LogP contribution in [0.25, 0.3) is 10.8 Å². The standard InChI is InChI=1S/C17H18O3/c1-3-20-11-17(10-19-2)14-9-5-7-12-6-4-8-13(15(12)14)16(17)18/h4-9H,3,10-11H2,1-2H3. The van der Waals surface area contributed by atoms with Gasteiger partial charge >= 0.3 is 0 Å². The van der Waals surface area contributed by atoms with Gasteiger partial charge in [-0.2, -0.15) is 0 Å². The average Bonchev–Trinajstić information content (AvgIpc) is 2.71. The molecule has 0 bridgehead atoms. The molecule has 2 aromatic rings. The maximum Gasteiger partial charge on any atom is 0.178 e. The van der Waals surface area contributed by atoms with E-state index in [2.05, 4.69) is 0 Å². The number of benzene rings is 2. The molecule has 1 atom stereocenters. The fourth-order valence-corrected chi connectivity index (χ4v) is 3.16. The van der Waals surface area contributed by atoms with Gasteiger partial charge < -0.3 is 9.47 Å². The highest BCUT2D eigenvalue weighted by atomic mass is 16.5. The first-order valence-corrected chi connectivity index (χ1v) is 6.88. The van der Waals surface area contributed by atoms with Crippen molar-refractivity contribution in [3.63, 3.8) is 0 Å². The minimum atomic E-state index is -0.700. The van der Waals surface area contributed by atoms with Crippen molar-refractivity contribution in [1.82, 2.24) is 0 Å². The van der Waals surface area contributed by atoms with E-state index in [4.69, 9.17) is 9.47 Å². The van der Waals surface area contributed by atoms with Gasteiger partial charge in [-0.05, 0) is 23.3 Å².